The summed E-state index contributed by atoms with van der Waals surface area (Å²) in [5.74, 6) is 5.43. The summed E-state index contributed by atoms with van der Waals surface area (Å²) < 4.78 is 0. The quantitative estimate of drug-likeness (QED) is 0.444. The molecule has 4 saturated carbocycles. The molecule has 0 saturated heterocycles. The first-order valence-corrected chi connectivity index (χ1v) is 3.78. The zero-order valence-electron chi connectivity index (χ0n) is 5.06. The highest BCUT2D eigenvalue weighted by molar-refractivity contribution is 5.20. The molecule has 4 aliphatic carbocycles. The molecule has 0 aliphatic heterocycles. The highest BCUT2D eigenvalue weighted by Gasteiger charge is 2.53. The summed E-state index contributed by atoms with van der Waals surface area (Å²) in [5.41, 5.74) is 0. The predicted molar refractivity (Wildman–Crippen MR) is 32.2 cm³/mol. The molecule has 0 aromatic carbocycles. The summed E-state index contributed by atoms with van der Waals surface area (Å²) in [6.45, 7) is 0. The van der Waals surface area contributed by atoms with E-state index >= 15 is 0 Å². The van der Waals surface area contributed by atoms with Crippen molar-refractivity contribution in [3.8, 4) is 0 Å². The average Bonchev–Trinajstić information content (AvgIpc) is 2.21. The number of hydrogen-bond donors (Lipinski definition) is 0. The van der Waals surface area contributed by atoms with Crippen molar-refractivity contribution in [1.82, 2.24) is 0 Å². The van der Waals surface area contributed by atoms with Gasteiger partial charge in [0.15, 0.2) is 0 Å². The molecule has 0 N–H and O–H groups in total. The SMILES string of the molecule is C1[C]2CC3CC2CC13. The molecule has 4 bridgehead atoms. The summed E-state index contributed by atoms with van der Waals surface area (Å²) in [6, 6.07) is 0. The van der Waals surface area contributed by atoms with Gasteiger partial charge in [-0.3, -0.25) is 0 Å². The van der Waals surface area contributed by atoms with Gasteiger partial charge in [-0.05, 0) is 49.4 Å². The van der Waals surface area contributed by atoms with Crippen molar-refractivity contribution in [2.45, 2.75) is 25.7 Å². The lowest BCUT2D eigenvalue weighted by Gasteiger charge is -2.04. The molecule has 2 atom stereocenters. The minimum absolute atomic E-state index is 1.13. The zero-order chi connectivity index (χ0) is 5.14. The third-order valence-corrected chi connectivity index (χ3v) is 3.47. The Kier molecular flexibility index (Phi) is 0.482. The van der Waals surface area contributed by atoms with Gasteiger partial charge in [-0.15, -0.1) is 0 Å². The van der Waals surface area contributed by atoms with Crippen LogP contribution in [0.15, 0.2) is 0 Å². The average molecular weight is 107 g/mol. The van der Waals surface area contributed by atoms with Crippen molar-refractivity contribution >= 4 is 0 Å². The summed E-state index contributed by atoms with van der Waals surface area (Å²) in [7, 11) is 0. The molecular weight excluding hydrogens is 96.1 g/mol. The second-order valence-corrected chi connectivity index (χ2v) is 3.75. The molecule has 2 unspecified atom stereocenters. The normalized spacial score (nSPS) is 59.2. The Balaban J connectivity index is 2.13. The molecule has 0 amide bonds. The van der Waals surface area contributed by atoms with Crippen LogP contribution < -0.4 is 0 Å². The second-order valence-electron chi connectivity index (χ2n) is 3.75. The van der Waals surface area contributed by atoms with Gasteiger partial charge in [0.25, 0.3) is 0 Å². The van der Waals surface area contributed by atoms with Crippen LogP contribution in [0.2, 0.25) is 0 Å². The first-order chi connectivity index (χ1) is 3.93. The standard InChI is InChI=1S/C8H11/c1-5-2-7-4-8(5)3-6(1)7/h5-7H,1-4H2. The Morgan fingerprint density at radius 3 is 1.75 bits per heavy atom. The maximum atomic E-state index is 1.94. The molecule has 43 valence electrons. The van der Waals surface area contributed by atoms with Crippen LogP contribution in [0.25, 0.3) is 0 Å². The van der Waals surface area contributed by atoms with Crippen LogP contribution in [0.4, 0.5) is 0 Å². The molecule has 0 heteroatoms. The van der Waals surface area contributed by atoms with Gasteiger partial charge in [-0.25, -0.2) is 0 Å². The topological polar surface area (TPSA) is 0 Å². The summed E-state index contributed by atoms with van der Waals surface area (Å²) in [6.07, 6.45) is 6.24. The van der Waals surface area contributed by atoms with Gasteiger partial charge >= 0.3 is 0 Å². The van der Waals surface area contributed by atoms with E-state index in [4.69, 9.17) is 0 Å². The van der Waals surface area contributed by atoms with E-state index in [1.807, 2.05) is 5.92 Å². The summed E-state index contributed by atoms with van der Waals surface area (Å²) in [4.78, 5) is 0. The lowest BCUT2D eigenvalue weighted by Crippen LogP contribution is -1.95. The smallest absolute Gasteiger partial charge is 0.0204 e. The van der Waals surface area contributed by atoms with Crippen LogP contribution >= 0.6 is 0 Å². The van der Waals surface area contributed by atoms with Crippen molar-refractivity contribution in [2.24, 2.45) is 17.8 Å². The largest absolute Gasteiger partial charge is 0.0467 e. The Morgan fingerprint density at radius 2 is 1.62 bits per heavy atom. The molecule has 0 heterocycles. The Hall–Kier alpha value is 0. The van der Waals surface area contributed by atoms with E-state index in [2.05, 4.69) is 0 Å². The third kappa shape index (κ3) is 0.260. The highest BCUT2D eigenvalue weighted by atomic mass is 14.6. The molecule has 8 heavy (non-hydrogen) atoms. The lowest BCUT2D eigenvalue weighted by molar-refractivity contribution is 0.457. The fourth-order valence-corrected chi connectivity index (χ4v) is 3.14. The Labute approximate surface area is 50.3 Å². The monoisotopic (exact) mass is 107 g/mol. The minimum Gasteiger partial charge on any atom is -0.0467 e. The molecule has 4 fully saturated rings. The van der Waals surface area contributed by atoms with Gasteiger partial charge in [-0.1, -0.05) is 0 Å². The van der Waals surface area contributed by atoms with Crippen LogP contribution in [0, 0.1) is 23.7 Å². The van der Waals surface area contributed by atoms with Crippen molar-refractivity contribution < 1.29 is 0 Å². The number of rotatable bonds is 0. The van der Waals surface area contributed by atoms with Crippen LogP contribution in [-0.2, 0) is 0 Å². The van der Waals surface area contributed by atoms with Gasteiger partial charge in [0.05, 0.1) is 0 Å². The van der Waals surface area contributed by atoms with E-state index in [1.165, 1.54) is 24.7 Å². The number of hydrogen-bond acceptors (Lipinski definition) is 0. The maximum absolute atomic E-state index is 1.94. The fraction of sp³-hybridized carbons (Fsp3) is 0.875. The Bertz CT molecular complexity index is 88.0. The van der Waals surface area contributed by atoms with E-state index in [1.54, 1.807) is 12.8 Å². The Morgan fingerprint density at radius 1 is 1.00 bits per heavy atom. The van der Waals surface area contributed by atoms with E-state index in [0.717, 1.165) is 5.92 Å². The fourth-order valence-electron chi connectivity index (χ4n) is 3.14. The van der Waals surface area contributed by atoms with Crippen LogP contribution in [0.1, 0.15) is 25.7 Å². The van der Waals surface area contributed by atoms with Gasteiger partial charge in [0.2, 0.25) is 0 Å². The van der Waals surface area contributed by atoms with E-state index < -0.39 is 0 Å². The van der Waals surface area contributed by atoms with Crippen molar-refractivity contribution in [2.75, 3.05) is 0 Å². The molecule has 0 aromatic heterocycles. The highest BCUT2D eigenvalue weighted by Crippen LogP contribution is 2.63. The summed E-state index contributed by atoms with van der Waals surface area (Å²) >= 11 is 0. The van der Waals surface area contributed by atoms with Crippen LogP contribution in [0.5, 0.6) is 0 Å². The maximum Gasteiger partial charge on any atom is -0.0204 e. The van der Waals surface area contributed by atoms with E-state index in [9.17, 15) is 0 Å². The molecule has 1 radical (unpaired) electrons. The zero-order valence-corrected chi connectivity index (χ0v) is 5.06. The second kappa shape index (κ2) is 0.984. The van der Waals surface area contributed by atoms with Crippen LogP contribution in [-0.4, -0.2) is 0 Å². The molecular formula is C8H11. The molecule has 4 aliphatic rings. The molecule has 0 aromatic rings. The lowest BCUT2D eigenvalue weighted by atomic mass is 10.0. The van der Waals surface area contributed by atoms with Crippen molar-refractivity contribution in [3.63, 3.8) is 0 Å². The summed E-state index contributed by atoms with van der Waals surface area (Å²) in [5, 5.41) is 0. The van der Waals surface area contributed by atoms with Gasteiger partial charge in [0, 0.05) is 0 Å². The first kappa shape index (κ1) is 3.92. The molecule has 4 rings (SSSR count). The van der Waals surface area contributed by atoms with Gasteiger partial charge in [-0.2, -0.15) is 0 Å². The van der Waals surface area contributed by atoms with Gasteiger partial charge < -0.3 is 0 Å². The minimum atomic E-state index is 1.13. The van der Waals surface area contributed by atoms with Crippen molar-refractivity contribution in [1.29, 1.82) is 0 Å². The van der Waals surface area contributed by atoms with E-state index in [-0.39, 0.29) is 0 Å². The van der Waals surface area contributed by atoms with Crippen molar-refractivity contribution in [3.05, 3.63) is 5.92 Å². The first-order valence-electron chi connectivity index (χ1n) is 3.78. The van der Waals surface area contributed by atoms with Crippen LogP contribution in [0.3, 0.4) is 0 Å². The molecule has 0 spiro atoms. The molecule has 0 nitrogen and oxygen atoms in total. The van der Waals surface area contributed by atoms with Gasteiger partial charge in [0.1, 0.15) is 0 Å². The predicted octanol–water partition coefficient (Wildman–Crippen LogP) is 2.01. The third-order valence-electron chi connectivity index (χ3n) is 3.47. The van der Waals surface area contributed by atoms with E-state index in [0.29, 0.717) is 0 Å².